The van der Waals surface area contributed by atoms with Crippen LogP contribution in [0.2, 0.25) is 0 Å². The van der Waals surface area contributed by atoms with E-state index in [0.717, 1.165) is 18.1 Å². The minimum atomic E-state index is -4.60. The average Bonchev–Trinajstić information content (AvgIpc) is 3.38. The second-order valence-electron chi connectivity index (χ2n) is 9.99. The number of nitrogens with zero attached hydrogens (tertiary/aromatic N) is 4. The van der Waals surface area contributed by atoms with Crippen molar-refractivity contribution in [3.05, 3.63) is 89.0 Å². The second-order valence-corrected chi connectivity index (χ2v) is 9.99. The lowest BCUT2D eigenvalue weighted by Crippen LogP contribution is -2.31. The van der Waals surface area contributed by atoms with Gasteiger partial charge in [0.2, 0.25) is 5.91 Å². The molecule has 3 aromatic rings. The number of benzene rings is 2. The molecule has 1 fully saturated rings. The van der Waals surface area contributed by atoms with Crippen LogP contribution in [0, 0.1) is 6.92 Å². The van der Waals surface area contributed by atoms with Crippen LogP contribution >= 0.6 is 0 Å². The van der Waals surface area contributed by atoms with E-state index in [1.807, 2.05) is 19.0 Å². The SMILES string of the molecule is Cc1ccc(NC(=O)c2ccc(CN3CC[C@H](N(C)C)C3)c(C(F)(F)F)c2)cc1NC(=O)/C=C/c1cncnc1. The smallest absolute Gasteiger partial charge is 0.322 e. The quantitative estimate of drug-likeness (QED) is 0.389. The van der Waals surface area contributed by atoms with Crippen LogP contribution < -0.4 is 10.6 Å². The first-order valence-corrected chi connectivity index (χ1v) is 12.7. The van der Waals surface area contributed by atoms with Crippen LogP contribution in [-0.2, 0) is 17.5 Å². The number of aryl methyl sites for hydroxylation is 1. The van der Waals surface area contributed by atoms with E-state index in [4.69, 9.17) is 0 Å². The number of rotatable bonds is 8. The molecule has 1 aliphatic rings. The predicted octanol–water partition coefficient (Wildman–Crippen LogP) is 4.84. The van der Waals surface area contributed by atoms with Crippen molar-refractivity contribution in [2.24, 2.45) is 0 Å². The average molecular weight is 553 g/mol. The van der Waals surface area contributed by atoms with E-state index in [0.29, 0.717) is 36.1 Å². The first-order chi connectivity index (χ1) is 19.0. The van der Waals surface area contributed by atoms with Crippen molar-refractivity contribution >= 4 is 29.3 Å². The van der Waals surface area contributed by atoms with Crippen molar-refractivity contribution in [2.75, 3.05) is 37.8 Å². The molecule has 0 spiro atoms. The first kappa shape index (κ1) is 28.9. The number of halogens is 3. The van der Waals surface area contributed by atoms with Gasteiger partial charge < -0.3 is 15.5 Å². The highest BCUT2D eigenvalue weighted by molar-refractivity contribution is 6.06. The minimum absolute atomic E-state index is 0.108. The molecule has 2 N–H and O–H groups in total. The Hall–Kier alpha value is -4.09. The standard InChI is InChI=1S/C29H31F3N6O2/c1-19-4-8-23(13-26(19)36-27(39)9-5-20-14-33-18-34-15-20)35-28(40)21-6-7-22(25(12-21)29(30,31)32)16-38-11-10-24(17-38)37(2)3/h4-9,12-15,18,24H,10-11,16-17H2,1-3H3,(H,35,40)(H,36,39)/b9-5+/t24-/m0/s1. The predicted molar refractivity (Wildman–Crippen MR) is 148 cm³/mol. The van der Waals surface area contributed by atoms with Crippen molar-refractivity contribution < 1.29 is 22.8 Å². The number of likely N-dealkylation sites (tertiary alicyclic amines) is 1. The van der Waals surface area contributed by atoms with Crippen LogP contribution in [-0.4, -0.2) is 64.8 Å². The summed E-state index contributed by atoms with van der Waals surface area (Å²) < 4.78 is 41.9. The van der Waals surface area contributed by atoms with Crippen molar-refractivity contribution in [2.45, 2.75) is 32.1 Å². The second kappa shape index (κ2) is 12.4. The molecule has 0 radical (unpaired) electrons. The van der Waals surface area contributed by atoms with E-state index < -0.39 is 23.6 Å². The van der Waals surface area contributed by atoms with Gasteiger partial charge in [0.1, 0.15) is 6.33 Å². The summed E-state index contributed by atoms with van der Waals surface area (Å²) in [5.74, 6) is -1.09. The van der Waals surface area contributed by atoms with Crippen molar-refractivity contribution in [3.63, 3.8) is 0 Å². The number of likely N-dealkylation sites (N-methyl/N-ethyl adjacent to an activating group) is 1. The van der Waals surface area contributed by atoms with E-state index in [1.54, 1.807) is 43.6 Å². The van der Waals surface area contributed by atoms with Crippen LogP contribution in [0.25, 0.3) is 6.08 Å². The Bertz CT molecular complexity index is 1390. The zero-order valence-electron chi connectivity index (χ0n) is 22.5. The van der Waals surface area contributed by atoms with Crippen LogP contribution in [0.3, 0.4) is 0 Å². The molecular formula is C29H31F3N6O2. The lowest BCUT2D eigenvalue weighted by atomic mass is 10.0. The highest BCUT2D eigenvalue weighted by Gasteiger charge is 2.35. The largest absolute Gasteiger partial charge is 0.416 e. The molecule has 0 unspecified atom stereocenters. The molecule has 2 amide bonds. The summed E-state index contributed by atoms with van der Waals surface area (Å²) in [5, 5.41) is 5.38. The van der Waals surface area contributed by atoms with Gasteiger partial charge in [-0.3, -0.25) is 14.5 Å². The molecule has 8 nitrogen and oxygen atoms in total. The van der Waals surface area contributed by atoms with Gasteiger partial charge in [-0.25, -0.2) is 9.97 Å². The number of aromatic nitrogens is 2. The van der Waals surface area contributed by atoms with Crippen molar-refractivity contribution in [1.29, 1.82) is 0 Å². The lowest BCUT2D eigenvalue weighted by molar-refractivity contribution is -0.138. The maximum Gasteiger partial charge on any atom is 0.416 e. The third kappa shape index (κ3) is 7.51. The van der Waals surface area contributed by atoms with Gasteiger partial charge in [0.05, 0.1) is 5.56 Å². The number of carbonyl (C=O) groups excluding carboxylic acids is 2. The fourth-order valence-electron chi connectivity index (χ4n) is 4.52. The summed E-state index contributed by atoms with van der Waals surface area (Å²) in [4.78, 5) is 37.2. The van der Waals surface area contributed by atoms with Gasteiger partial charge in [0.25, 0.3) is 5.91 Å². The number of hydrogen-bond donors (Lipinski definition) is 2. The van der Waals surface area contributed by atoms with E-state index in [2.05, 4.69) is 25.5 Å². The van der Waals surface area contributed by atoms with Crippen molar-refractivity contribution in [1.82, 2.24) is 19.8 Å². The number of nitrogens with one attached hydrogen (secondary N) is 2. The summed E-state index contributed by atoms with van der Waals surface area (Å²) >= 11 is 0. The molecule has 0 bridgehead atoms. The summed E-state index contributed by atoms with van der Waals surface area (Å²) in [5.41, 5.74) is 1.38. The Morgan fingerprint density at radius 1 is 1.10 bits per heavy atom. The number of hydrogen-bond acceptors (Lipinski definition) is 6. The first-order valence-electron chi connectivity index (χ1n) is 12.7. The Kier molecular flexibility index (Phi) is 8.96. The van der Waals surface area contributed by atoms with Gasteiger partial charge in [0, 0.05) is 66.6 Å². The molecule has 1 atom stereocenters. The zero-order chi connectivity index (χ0) is 28.9. The Morgan fingerprint density at radius 2 is 1.85 bits per heavy atom. The highest BCUT2D eigenvalue weighted by Crippen LogP contribution is 2.34. The maximum atomic E-state index is 14.0. The Balaban J connectivity index is 1.46. The zero-order valence-corrected chi connectivity index (χ0v) is 22.5. The Morgan fingerprint density at radius 3 is 2.52 bits per heavy atom. The summed E-state index contributed by atoms with van der Waals surface area (Å²) in [7, 11) is 3.93. The van der Waals surface area contributed by atoms with Crippen molar-refractivity contribution in [3.8, 4) is 0 Å². The van der Waals surface area contributed by atoms with E-state index in [1.165, 1.54) is 24.5 Å². The molecule has 2 heterocycles. The molecule has 11 heteroatoms. The summed E-state index contributed by atoms with van der Waals surface area (Å²) in [6, 6.07) is 8.87. The number of anilines is 2. The van der Waals surface area contributed by atoms with E-state index in [9.17, 15) is 22.8 Å². The van der Waals surface area contributed by atoms with Gasteiger partial charge >= 0.3 is 6.18 Å². The van der Waals surface area contributed by atoms with Crippen LogP contribution in [0.1, 0.15) is 39.0 Å². The number of alkyl halides is 3. The van der Waals surface area contributed by atoms with Gasteiger partial charge in [-0.2, -0.15) is 13.2 Å². The van der Waals surface area contributed by atoms with Gasteiger partial charge in [-0.15, -0.1) is 0 Å². The van der Waals surface area contributed by atoms with Crippen LogP contribution in [0.4, 0.5) is 24.5 Å². The molecule has 40 heavy (non-hydrogen) atoms. The van der Waals surface area contributed by atoms with Gasteiger partial charge in [-0.05, 0) is 68.9 Å². The number of amides is 2. The molecular weight excluding hydrogens is 521 g/mol. The normalized spacial score (nSPS) is 16.0. The summed E-state index contributed by atoms with van der Waals surface area (Å²) in [6.07, 6.45) is 3.67. The number of carbonyl (C=O) groups is 2. The molecule has 1 saturated heterocycles. The third-order valence-electron chi connectivity index (χ3n) is 6.81. The molecule has 2 aromatic carbocycles. The minimum Gasteiger partial charge on any atom is -0.322 e. The van der Waals surface area contributed by atoms with Gasteiger partial charge in [-0.1, -0.05) is 12.1 Å². The molecule has 0 aliphatic carbocycles. The molecule has 1 aromatic heterocycles. The fraction of sp³-hybridized carbons (Fsp3) is 0.310. The van der Waals surface area contributed by atoms with Crippen LogP contribution in [0.5, 0.6) is 0 Å². The van der Waals surface area contributed by atoms with Gasteiger partial charge in [0.15, 0.2) is 0 Å². The monoisotopic (exact) mass is 552 g/mol. The van der Waals surface area contributed by atoms with E-state index >= 15 is 0 Å². The topological polar surface area (TPSA) is 90.5 Å². The Labute approximate surface area is 230 Å². The third-order valence-corrected chi connectivity index (χ3v) is 6.81. The van der Waals surface area contributed by atoms with Crippen LogP contribution in [0.15, 0.2) is 61.2 Å². The molecule has 210 valence electrons. The molecule has 4 rings (SSSR count). The summed E-state index contributed by atoms with van der Waals surface area (Å²) in [6.45, 7) is 3.35. The van der Waals surface area contributed by atoms with E-state index in [-0.39, 0.29) is 17.7 Å². The maximum absolute atomic E-state index is 14.0. The highest BCUT2D eigenvalue weighted by atomic mass is 19.4. The fourth-order valence-corrected chi connectivity index (χ4v) is 4.52. The molecule has 1 aliphatic heterocycles. The lowest BCUT2D eigenvalue weighted by Gasteiger charge is -2.22. The molecule has 0 saturated carbocycles.